The molecular formula is C15H11BrN2O. The molecule has 4 heteroatoms. The Balaban J connectivity index is 2.05. The Morgan fingerprint density at radius 2 is 1.95 bits per heavy atom. The molecule has 0 bridgehead atoms. The molecule has 0 saturated carbocycles. The molecule has 0 N–H and O–H groups in total. The van der Waals surface area contributed by atoms with Crippen molar-refractivity contribution in [3.05, 3.63) is 58.1 Å². The van der Waals surface area contributed by atoms with E-state index in [1.54, 1.807) is 4.90 Å². The molecule has 0 fully saturated rings. The summed E-state index contributed by atoms with van der Waals surface area (Å²) in [6, 6.07) is 13.6. The Labute approximate surface area is 120 Å². The van der Waals surface area contributed by atoms with Crippen molar-refractivity contribution in [3.8, 4) is 11.9 Å². The molecule has 1 aliphatic heterocycles. The number of hydrogen-bond acceptors (Lipinski definition) is 3. The van der Waals surface area contributed by atoms with Gasteiger partial charge in [-0.25, -0.2) is 4.90 Å². The molecular weight excluding hydrogens is 304 g/mol. The Morgan fingerprint density at radius 3 is 2.63 bits per heavy atom. The SMILES string of the molecule is Cc1cccc2c1OC(c1ccc(Br)cc1)N2C#N. The topological polar surface area (TPSA) is 36.3 Å². The number of hydrogen-bond donors (Lipinski definition) is 0. The molecule has 1 unspecified atom stereocenters. The minimum absolute atomic E-state index is 0.380. The summed E-state index contributed by atoms with van der Waals surface area (Å²) in [6.07, 6.45) is 1.83. The van der Waals surface area contributed by atoms with Gasteiger partial charge in [0.1, 0.15) is 5.75 Å². The van der Waals surface area contributed by atoms with Crippen molar-refractivity contribution < 1.29 is 4.74 Å². The monoisotopic (exact) mass is 314 g/mol. The highest BCUT2D eigenvalue weighted by Crippen LogP contribution is 2.44. The van der Waals surface area contributed by atoms with Gasteiger partial charge < -0.3 is 4.74 Å². The number of ether oxygens (including phenoxy) is 1. The smallest absolute Gasteiger partial charge is 0.211 e. The molecule has 94 valence electrons. The summed E-state index contributed by atoms with van der Waals surface area (Å²) in [4.78, 5) is 1.60. The van der Waals surface area contributed by atoms with E-state index in [4.69, 9.17) is 4.74 Å². The first-order valence-electron chi connectivity index (χ1n) is 5.91. The van der Waals surface area contributed by atoms with Crippen LogP contribution in [0.15, 0.2) is 46.9 Å². The van der Waals surface area contributed by atoms with Crippen molar-refractivity contribution in [2.75, 3.05) is 4.90 Å². The molecule has 1 heterocycles. The van der Waals surface area contributed by atoms with Gasteiger partial charge in [0.25, 0.3) is 0 Å². The molecule has 0 radical (unpaired) electrons. The molecule has 2 aromatic carbocycles. The third kappa shape index (κ3) is 1.96. The number of benzene rings is 2. The van der Waals surface area contributed by atoms with Gasteiger partial charge in [-0.3, -0.25) is 0 Å². The van der Waals surface area contributed by atoms with Crippen molar-refractivity contribution in [1.82, 2.24) is 0 Å². The van der Waals surface area contributed by atoms with Crippen molar-refractivity contribution in [1.29, 1.82) is 5.26 Å². The van der Waals surface area contributed by atoms with E-state index in [2.05, 4.69) is 22.1 Å². The summed E-state index contributed by atoms with van der Waals surface area (Å²) in [5.74, 6) is 0.789. The lowest BCUT2D eigenvalue weighted by Gasteiger charge is -2.17. The molecule has 0 aliphatic carbocycles. The number of nitrogens with zero attached hydrogens (tertiary/aromatic N) is 2. The number of rotatable bonds is 1. The summed E-state index contributed by atoms with van der Waals surface area (Å²) in [7, 11) is 0. The van der Waals surface area contributed by atoms with Crippen LogP contribution < -0.4 is 9.64 Å². The number of aryl methyl sites for hydroxylation is 1. The second-order valence-corrected chi connectivity index (χ2v) is 5.33. The first kappa shape index (κ1) is 12.1. The van der Waals surface area contributed by atoms with E-state index in [-0.39, 0.29) is 6.23 Å². The van der Waals surface area contributed by atoms with Crippen molar-refractivity contribution in [2.24, 2.45) is 0 Å². The lowest BCUT2D eigenvalue weighted by molar-refractivity contribution is 0.239. The number of fused-ring (bicyclic) bond motifs is 1. The summed E-state index contributed by atoms with van der Waals surface area (Å²) in [5.41, 5.74) is 2.83. The van der Waals surface area contributed by atoms with Gasteiger partial charge >= 0.3 is 0 Å². The quantitative estimate of drug-likeness (QED) is 0.742. The third-order valence-electron chi connectivity index (χ3n) is 3.18. The molecule has 19 heavy (non-hydrogen) atoms. The number of anilines is 1. The van der Waals surface area contributed by atoms with E-state index in [9.17, 15) is 5.26 Å². The normalized spacial score (nSPS) is 16.7. The fraction of sp³-hybridized carbons (Fsp3) is 0.133. The zero-order valence-corrected chi connectivity index (χ0v) is 11.9. The van der Waals surface area contributed by atoms with Gasteiger partial charge in [-0.05, 0) is 30.7 Å². The summed E-state index contributed by atoms with van der Waals surface area (Å²) in [6.45, 7) is 1.98. The van der Waals surface area contributed by atoms with Gasteiger partial charge in [-0.1, -0.05) is 40.2 Å². The van der Waals surface area contributed by atoms with Crippen LogP contribution in [-0.4, -0.2) is 0 Å². The van der Waals surface area contributed by atoms with Crippen LogP contribution in [0.5, 0.6) is 5.75 Å². The maximum atomic E-state index is 9.38. The molecule has 3 nitrogen and oxygen atoms in total. The molecule has 2 aromatic rings. The van der Waals surface area contributed by atoms with Crippen molar-refractivity contribution >= 4 is 21.6 Å². The molecule has 1 aliphatic rings. The van der Waals surface area contributed by atoms with Crippen LogP contribution >= 0.6 is 15.9 Å². The third-order valence-corrected chi connectivity index (χ3v) is 3.71. The molecule has 1 atom stereocenters. The van der Waals surface area contributed by atoms with E-state index in [0.717, 1.165) is 27.0 Å². The average Bonchev–Trinajstić information content (AvgIpc) is 2.79. The minimum atomic E-state index is -0.380. The fourth-order valence-electron chi connectivity index (χ4n) is 2.22. The molecule has 0 spiro atoms. The van der Waals surface area contributed by atoms with Crippen LogP contribution in [-0.2, 0) is 0 Å². The minimum Gasteiger partial charge on any atom is -0.463 e. The number of halogens is 1. The van der Waals surface area contributed by atoms with E-state index < -0.39 is 0 Å². The van der Waals surface area contributed by atoms with Gasteiger partial charge in [-0.2, -0.15) is 5.26 Å². The second-order valence-electron chi connectivity index (χ2n) is 4.41. The van der Waals surface area contributed by atoms with Crippen molar-refractivity contribution in [3.63, 3.8) is 0 Å². The van der Waals surface area contributed by atoms with Gasteiger partial charge in [0.15, 0.2) is 6.19 Å². The van der Waals surface area contributed by atoms with Crippen LogP contribution in [0.2, 0.25) is 0 Å². The lowest BCUT2D eigenvalue weighted by atomic mass is 10.2. The van der Waals surface area contributed by atoms with E-state index in [1.807, 2.05) is 49.4 Å². The summed E-state index contributed by atoms with van der Waals surface area (Å²) < 4.78 is 6.96. The molecule has 3 rings (SSSR count). The zero-order chi connectivity index (χ0) is 13.4. The Morgan fingerprint density at radius 1 is 1.21 bits per heavy atom. The van der Waals surface area contributed by atoms with Gasteiger partial charge in [0.05, 0.1) is 5.69 Å². The number of nitriles is 1. The maximum Gasteiger partial charge on any atom is 0.211 e. The average molecular weight is 315 g/mol. The first-order valence-corrected chi connectivity index (χ1v) is 6.70. The van der Waals surface area contributed by atoms with Crippen molar-refractivity contribution in [2.45, 2.75) is 13.2 Å². The maximum absolute atomic E-state index is 9.38. The number of para-hydroxylation sites is 1. The summed E-state index contributed by atoms with van der Waals surface area (Å²) in [5, 5.41) is 9.38. The fourth-order valence-corrected chi connectivity index (χ4v) is 2.49. The van der Waals surface area contributed by atoms with Crippen LogP contribution in [0, 0.1) is 18.4 Å². The highest BCUT2D eigenvalue weighted by Gasteiger charge is 2.33. The first-order chi connectivity index (χ1) is 9.20. The van der Waals surface area contributed by atoms with E-state index in [0.29, 0.717) is 0 Å². The van der Waals surface area contributed by atoms with Crippen LogP contribution in [0.4, 0.5) is 5.69 Å². The Bertz CT molecular complexity index is 661. The standard InChI is InChI=1S/C15H11BrN2O/c1-10-3-2-4-13-14(10)19-15(18(13)9-17)11-5-7-12(16)8-6-11/h2-8,15H,1H3. The Hall–Kier alpha value is -1.99. The van der Waals surface area contributed by atoms with E-state index >= 15 is 0 Å². The lowest BCUT2D eigenvalue weighted by Crippen LogP contribution is -2.21. The van der Waals surface area contributed by atoms with Crippen LogP contribution in [0.25, 0.3) is 0 Å². The zero-order valence-electron chi connectivity index (χ0n) is 10.3. The molecule has 0 amide bonds. The highest BCUT2D eigenvalue weighted by atomic mass is 79.9. The molecule has 0 saturated heterocycles. The van der Waals surface area contributed by atoms with E-state index in [1.165, 1.54) is 0 Å². The Kier molecular flexibility index (Phi) is 2.92. The van der Waals surface area contributed by atoms with Crippen LogP contribution in [0.3, 0.4) is 0 Å². The van der Waals surface area contributed by atoms with Gasteiger partial charge in [0, 0.05) is 10.0 Å². The largest absolute Gasteiger partial charge is 0.463 e. The predicted octanol–water partition coefficient (Wildman–Crippen LogP) is 4.14. The summed E-state index contributed by atoms with van der Waals surface area (Å²) >= 11 is 3.41. The van der Waals surface area contributed by atoms with Gasteiger partial charge in [-0.15, -0.1) is 0 Å². The van der Waals surface area contributed by atoms with Gasteiger partial charge in [0.2, 0.25) is 6.23 Å². The molecule has 0 aromatic heterocycles. The predicted molar refractivity (Wildman–Crippen MR) is 76.8 cm³/mol. The van der Waals surface area contributed by atoms with Crippen LogP contribution in [0.1, 0.15) is 17.4 Å². The second kappa shape index (κ2) is 4.60. The highest BCUT2D eigenvalue weighted by molar-refractivity contribution is 9.10.